The summed E-state index contributed by atoms with van der Waals surface area (Å²) in [5.41, 5.74) is 5.53. The lowest BCUT2D eigenvalue weighted by Crippen LogP contribution is -2.42. The summed E-state index contributed by atoms with van der Waals surface area (Å²) in [5, 5.41) is 7.44. The van der Waals surface area contributed by atoms with Crippen molar-refractivity contribution in [2.45, 2.75) is 26.2 Å². The van der Waals surface area contributed by atoms with Crippen LogP contribution in [0.3, 0.4) is 0 Å². The monoisotopic (exact) mass is 213 g/mol. The van der Waals surface area contributed by atoms with E-state index in [9.17, 15) is 0 Å². The maximum absolute atomic E-state index is 7.44. The quantitative estimate of drug-likeness (QED) is 0.394. The van der Waals surface area contributed by atoms with Crippen molar-refractivity contribution in [3.05, 3.63) is 0 Å². The van der Waals surface area contributed by atoms with E-state index in [0.29, 0.717) is 5.84 Å². The van der Waals surface area contributed by atoms with Crippen LogP contribution in [-0.4, -0.2) is 43.6 Å². The highest BCUT2D eigenvalue weighted by Gasteiger charge is 2.21. The molecule has 4 heteroatoms. The fourth-order valence-electron chi connectivity index (χ4n) is 1.95. The van der Waals surface area contributed by atoms with E-state index in [1.54, 1.807) is 0 Å². The molecule has 0 spiro atoms. The smallest absolute Gasteiger partial charge is 0.0949 e. The zero-order chi connectivity index (χ0) is 11.1. The molecule has 0 bridgehead atoms. The SMILES string of the molecule is CCCOCCN1CCCC(C(=N)N)C1. The highest BCUT2D eigenvalue weighted by atomic mass is 16.5. The summed E-state index contributed by atoms with van der Waals surface area (Å²) >= 11 is 0. The predicted molar refractivity (Wildman–Crippen MR) is 62.2 cm³/mol. The normalized spacial score (nSPS) is 22.9. The third-order valence-electron chi connectivity index (χ3n) is 2.85. The van der Waals surface area contributed by atoms with Crippen LogP contribution in [0.25, 0.3) is 0 Å². The molecule has 0 saturated carbocycles. The highest BCUT2D eigenvalue weighted by molar-refractivity contribution is 5.79. The van der Waals surface area contributed by atoms with Crippen molar-refractivity contribution in [2.75, 3.05) is 32.8 Å². The molecule has 1 aliphatic rings. The third kappa shape index (κ3) is 4.62. The van der Waals surface area contributed by atoms with Gasteiger partial charge in [-0.15, -0.1) is 0 Å². The summed E-state index contributed by atoms with van der Waals surface area (Å²) in [6.07, 6.45) is 3.30. The van der Waals surface area contributed by atoms with Crippen LogP contribution < -0.4 is 5.73 Å². The van der Waals surface area contributed by atoms with Gasteiger partial charge in [-0.05, 0) is 25.8 Å². The van der Waals surface area contributed by atoms with Gasteiger partial charge in [0.15, 0.2) is 0 Å². The van der Waals surface area contributed by atoms with Gasteiger partial charge in [-0.2, -0.15) is 0 Å². The second kappa shape index (κ2) is 6.80. The molecule has 3 N–H and O–H groups in total. The van der Waals surface area contributed by atoms with Crippen molar-refractivity contribution < 1.29 is 4.74 Å². The largest absolute Gasteiger partial charge is 0.387 e. The molecule has 1 saturated heterocycles. The van der Waals surface area contributed by atoms with Crippen LogP contribution in [0.2, 0.25) is 0 Å². The summed E-state index contributed by atoms with van der Waals surface area (Å²) in [4.78, 5) is 2.35. The number of nitrogens with zero attached hydrogens (tertiary/aromatic N) is 1. The molecule has 4 nitrogen and oxygen atoms in total. The van der Waals surface area contributed by atoms with E-state index in [1.807, 2.05) is 0 Å². The molecule has 0 amide bonds. The van der Waals surface area contributed by atoms with E-state index in [4.69, 9.17) is 15.9 Å². The minimum absolute atomic E-state index is 0.268. The van der Waals surface area contributed by atoms with Gasteiger partial charge in [0.2, 0.25) is 0 Å². The molecule has 1 fully saturated rings. The molecule has 1 atom stereocenters. The number of amidine groups is 1. The van der Waals surface area contributed by atoms with Gasteiger partial charge in [-0.25, -0.2) is 0 Å². The van der Waals surface area contributed by atoms with Crippen LogP contribution in [0, 0.1) is 11.3 Å². The minimum Gasteiger partial charge on any atom is -0.387 e. The van der Waals surface area contributed by atoms with E-state index in [1.165, 1.54) is 0 Å². The van der Waals surface area contributed by atoms with Crippen molar-refractivity contribution in [1.82, 2.24) is 4.90 Å². The van der Waals surface area contributed by atoms with Gasteiger partial charge in [-0.1, -0.05) is 6.92 Å². The van der Waals surface area contributed by atoms with Crippen LogP contribution in [0.15, 0.2) is 0 Å². The molecule has 88 valence electrons. The Bertz CT molecular complexity index is 196. The number of hydrogen-bond donors (Lipinski definition) is 2. The van der Waals surface area contributed by atoms with Gasteiger partial charge in [0.25, 0.3) is 0 Å². The Morgan fingerprint density at radius 2 is 2.33 bits per heavy atom. The Hall–Kier alpha value is -0.610. The van der Waals surface area contributed by atoms with E-state index < -0.39 is 0 Å². The Kier molecular flexibility index (Phi) is 5.65. The average Bonchev–Trinajstić information content (AvgIpc) is 2.25. The minimum atomic E-state index is 0.268. The first-order chi connectivity index (χ1) is 7.24. The number of ether oxygens (including phenoxy) is 1. The fourth-order valence-corrected chi connectivity index (χ4v) is 1.95. The van der Waals surface area contributed by atoms with Gasteiger partial charge in [0.1, 0.15) is 0 Å². The number of hydrogen-bond acceptors (Lipinski definition) is 3. The zero-order valence-corrected chi connectivity index (χ0v) is 9.67. The summed E-state index contributed by atoms with van der Waals surface area (Å²) in [6.45, 7) is 6.81. The van der Waals surface area contributed by atoms with Crippen LogP contribution in [0.4, 0.5) is 0 Å². The summed E-state index contributed by atoms with van der Waals surface area (Å²) in [6, 6.07) is 0. The molecule has 1 unspecified atom stereocenters. The van der Waals surface area contributed by atoms with Gasteiger partial charge in [0.05, 0.1) is 12.4 Å². The van der Waals surface area contributed by atoms with Crippen LogP contribution in [0.1, 0.15) is 26.2 Å². The number of nitrogens with one attached hydrogen (secondary N) is 1. The second-order valence-corrected chi connectivity index (χ2v) is 4.21. The molecule has 15 heavy (non-hydrogen) atoms. The van der Waals surface area contributed by atoms with Crippen molar-refractivity contribution in [1.29, 1.82) is 5.41 Å². The summed E-state index contributed by atoms with van der Waals surface area (Å²) in [5.74, 6) is 0.610. The Morgan fingerprint density at radius 3 is 3.00 bits per heavy atom. The topological polar surface area (TPSA) is 62.3 Å². The Balaban J connectivity index is 2.15. The first-order valence-corrected chi connectivity index (χ1v) is 5.88. The van der Waals surface area contributed by atoms with Crippen LogP contribution in [0.5, 0.6) is 0 Å². The van der Waals surface area contributed by atoms with Gasteiger partial charge >= 0.3 is 0 Å². The molecule has 0 aromatic carbocycles. The molecule has 0 aliphatic carbocycles. The standard InChI is InChI=1S/C11H23N3O/c1-2-7-15-8-6-14-5-3-4-10(9-14)11(12)13/h10H,2-9H2,1H3,(H3,12,13). The van der Waals surface area contributed by atoms with E-state index >= 15 is 0 Å². The first kappa shape index (κ1) is 12.5. The van der Waals surface area contributed by atoms with Gasteiger partial charge in [0, 0.05) is 25.6 Å². The lowest BCUT2D eigenvalue weighted by molar-refractivity contribution is 0.0919. The average molecular weight is 213 g/mol. The van der Waals surface area contributed by atoms with Crippen molar-refractivity contribution in [3.8, 4) is 0 Å². The van der Waals surface area contributed by atoms with Crippen molar-refractivity contribution >= 4 is 5.84 Å². The lowest BCUT2D eigenvalue weighted by Gasteiger charge is -2.31. The van der Waals surface area contributed by atoms with Crippen LogP contribution >= 0.6 is 0 Å². The predicted octanol–water partition coefficient (Wildman–Crippen LogP) is 1.06. The number of piperidine rings is 1. The van der Waals surface area contributed by atoms with E-state index in [-0.39, 0.29) is 5.92 Å². The molecule has 0 aromatic rings. The fraction of sp³-hybridized carbons (Fsp3) is 0.909. The number of likely N-dealkylation sites (tertiary alicyclic amines) is 1. The Labute approximate surface area is 92.3 Å². The Morgan fingerprint density at radius 1 is 1.53 bits per heavy atom. The first-order valence-electron chi connectivity index (χ1n) is 5.88. The van der Waals surface area contributed by atoms with Gasteiger partial charge in [-0.3, -0.25) is 5.41 Å². The molecular formula is C11H23N3O. The second-order valence-electron chi connectivity index (χ2n) is 4.21. The lowest BCUT2D eigenvalue weighted by atomic mass is 9.97. The third-order valence-corrected chi connectivity index (χ3v) is 2.85. The molecule has 0 aromatic heterocycles. The maximum Gasteiger partial charge on any atom is 0.0949 e. The molecule has 1 rings (SSSR count). The number of rotatable bonds is 6. The van der Waals surface area contributed by atoms with Crippen molar-refractivity contribution in [2.24, 2.45) is 11.7 Å². The maximum atomic E-state index is 7.44. The van der Waals surface area contributed by atoms with E-state index in [0.717, 1.165) is 52.1 Å². The van der Waals surface area contributed by atoms with E-state index in [2.05, 4.69) is 11.8 Å². The molecule has 1 aliphatic heterocycles. The zero-order valence-electron chi connectivity index (χ0n) is 9.67. The number of nitrogens with two attached hydrogens (primary N) is 1. The van der Waals surface area contributed by atoms with Gasteiger partial charge < -0.3 is 15.4 Å². The summed E-state index contributed by atoms with van der Waals surface area (Å²) in [7, 11) is 0. The summed E-state index contributed by atoms with van der Waals surface area (Å²) < 4.78 is 5.45. The highest BCUT2D eigenvalue weighted by Crippen LogP contribution is 2.15. The molecular weight excluding hydrogens is 190 g/mol. The molecule has 1 heterocycles. The molecule has 0 radical (unpaired) electrons. The van der Waals surface area contributed by atoms with Crippen LogP contribution in [-0.2, 0) is 4.74 Å². The van der Waals surface area contributed by atoms with Crippen molar-refractivity contribution in [3.63, 3.8) is 0 Å².